The number of hydrogen-bond acceptors (Lipinski definition) is 2. The van der Waals surface area contributed by atoms with Gasteiger partial charge in [-0.05, 0) is 44.4 Å². The predicted octanol–water partition coefficient (Wildman–Crippen LogP) is 2.99. The van der Waals surface area contributed by atoms with Crippen molar-refractivity contribution in [2.45, 2.75) is 64.6 Å². The summed E-state index contributed by atoms with van der Waals surface area (Å²) < 4.78 is 5.19. The molecule has 0 saturated heterocycles. The summed E-state index contributed by atoms with van der Waals surface area (Å²) in [6.45, 7) is 4.38. The summed E-state index contributed by atoms with van der Waals surface area (Å²) in [5.74, 6) is 1.41. The molecule has 1 N–H and O–H groups in total. The topological polar surface area (TPSA) is 29.5 Å². The Balaban J connectivity index is 2.19. The van der Waals surface area contributed by atoms with Gasteiger partial charge in [0.2, 0.25) is 0 Å². The maximum absolute atomic E-state index is 10.0. The van der Waals surface area contributed by atoms with E-state index in [2.05, 4.69) is 13.8 Å². The van der Waals surface area contributed by atoms with Gasteiger partial charge >= 0.3 is 0 Å². The van der Waals surface area contributed by atoms with Crippen molar-refractivity contribution in [3.05, 3.63) is 0 Å². The van der Waals surface area contributed by atoms with Gasteiger partial charge in [0, 0.05) is 7.11 Å². The van der Waals surface area contributed by atoms with Crippen molar-refractivity contribution in [2.75, 3.05) is 7.11 Å². The molecule has 2 unspecified atom stereocenters. The maximum Gasteiger partial charge on any atom is 0.0569 e. The first kappa shape index (κ1) is 13.0. The molecule has 0 amide bonds. The minimum atomic E-state index is -0.102. The zero-order valence-electron chi connectivity index (χ0n) is 10.4. The van der Waals surface area contributed by atoms with Crippen LogP contribution in [-0.4, -0.2) is 24.4 Å². The van der Waals surface area contributed by atoms with E-state index in [1.165, 1.54) is 25.7 Å². The van der Waals surface area contributed by atoms with Gasteiger partial charge in [0.1, 0.15) is 0 Å². The van der Waals surface area contributed by atoms with Gasteiger partial charge in [-0.25, -0.2) is 0 Å². The Kier molecular flexibility index (Phi) is 5.62. The SMILES string of the molecule is COC(C)CCC(O)C1CCC(C)CC1. The fourth-order valence-electron chi connectivity index (χ4n) is 2.43. The highest BCUT2D eigenvalue weighted by Gasteiger charge is 2.24. The molecule has 0 radical (unpaired) electrons. The summed E-state index contributed by atoms with van der Waals surface area (Å²) in [5.41, 5.74) is 0. The number of methoxy groups -OCH3 is 1. The average Bonchev–Trinajstić information content (AvgIpc) is 2.26. The third-order valence-electron chi connectivity index (χ3n) is 3.88. The van der Waals surface area contributed by atoms with Crippen LogP contribution in [0.15, 0.2) is 0 Å². The summed E-state index contributed by atoms with van der Waals surface area (Å²) >= 11 is 0. The first-order valence-corrected chi connectivity index (χ1v) is 6.34. The van der Waals surface area contributed by atoms with Crippen molar-refractivity contribution < 1.29 is 9.84 Å². The fourth-order valence-corrected chi connectivity index (χ4v) is 2.43. The Hall–Kier alpha value is -0.0800. The largest absolute Gasteiger partial charge is 0.393 e. The van der Waals surface area contributed by atoms with Crippen molar-refractivity contribution in [2.24, 2.45) is 11.8 Å². The number of aliphatic hydroxyl groups is 1. The lowest BCUT2D eigenvalue weighted by molar-refractivity contribution is 0.0439. The Morgan fingerprint density at radius 2 is 1.80 bits per heavy atom. The molecular formula is C13H26O2. The Morgan fingerprint density at radius 1 is 1.20 bits per heavy atom. The van der Waals surface area contributed by atoms with E-state index in [0.717, 1.165) is 18.8 Å². The fraction of sp³-hybridized carbons (Fsp3) is 1.00. The second kappa shape index (κ2) is 6.49. The number of rotatable bonds is 5. The lowest BCUT2D eigenvalue weighted by Crippen LogP contribution is -2.26. The minimum absolute atomic E-state index is 0.102. The van der Waals surface area contributed by atoms with Crippen LogP contribution in [0.4, 0.5) is 0 Å². The summed E-state index contributed by atoms with van der Waals surface area (Å²) in [5, 5.41) is 10.0. The molecule has 0 aromatic rings. The van der Waals surface area contributed by atoms with Gasteiger partial charge in [-0.1, -0.05) is 19.8 Å². The van der Waals surface area contributed by atoms with Crippen LogP contribution in [-0.2, 0) is 4.74 Å². The van der Waals surface area contributed by atoms with E-state index < -0.39 is 0 Å². The molecular weight excluding hydrogens is 188 g/mol. The molecule has 1 fully saturated rings. The highest BCUT2D eigenvalue weighted by atomic mass is 16.5. The van der Waals surface area contributed by atoms with Gasteiger partial charge in [0.15, 0.2) is 0 Å². The van der Waals surface area contributed by atoms with Crippen molar-refractivity contribution in [3.63, 3.8) is 0 Å². The molecule has 1 aliphatic rings. The second-order valence-corrected chi connectivity index (χ2v) is 5.21. The van der Waals surface area contributed by atoms with Crippen molar-refractivity contribution in [3.8, 4) is 0 Å². The van der Waals surface area contributed by atoms with Gasteiger partial charge in [0.05, 0.1) is 12.2 Å². The van der Waals surface area contributed by atoms with E-state index in [-0.39, 0.29) is 12.2 Å². The Labute approximate surface area is 94.0 Å². The Morgan fingerprint density at radius 3 is 2.33 bits per heavy atom. The molecule has 1 rings (SSSR count). The van der Waals surface area contributed by atoms with E-state index in [1.807, 2.05) is 0 Å². The molecule has 2 heteroatoms. The number of ether oxygens (including phenoxy) is 1. The van der Waals surface area contributed by atoms with Gasteiger partial charge < -0.3 is 9.84 Å². The Bertz CT molecular complexity index is 162. The molecule has 1 aliphatic carbocycles. The third kappa shape index (κ3) is 4.52. The molecule has 2 atom stereocenters. The molecule has 0 heterocycles. The van der Waals surface area contributed by atoms with Crippen molar-refractivity contribution in [1.29, 1.82) is 0 Å². The average molecular weight is 214 g/mol. The molecule has 0 spiro atoms. The van der Waals surface area contributed by atoms with E-state index >= 15 is 0 Å². The standard InChI is InChI=1S/C13H26O2/c1-10-4-7-12(8-5-10)13(14)9-6-11(2)15-3/h10-14H,4-9H2,1-3H3. The summed E-state index contributed by atoms with van der Waals surface area (Å²) in [6, 6.07) is 0. The summed E-state index contributed by atoms with van der Waals surface area (Å²) in [4.78, 5) is 0. The molecule has 0 bridgehead atoms. The minimum Gasteiger partial charge on any atom is -0.393 e. The summed E-state index contributed by atoms with van der Waals surface area (Å²) in [7, 11) is 1.74. The van der Waals surface area contributed by atoms with Crippen LogP contribution in [0.3, 0.4) is 0 Å². The summed E-state index contributed by atoms with van der Waals surface area (Å²) in [6.07, 6.45) is 7.06. The molecule has 0 aromatic carbocycles. The number of aliphatic hydroxyl groups excluding tert-OH is 1. The van der Waals surface area contributed by atoms with Gasteiger partial charge in [0.25, 0.3) is 0 Å². The van der Waals surface area contributed by atoms with Crippen LogP contribution < -0.4 is 0 Å². The van der Waals surface area contributed by atoms with Crippen LogP contribution in [0.1, 0.15) is 52.4 Å². The molecule has 15 heavy (non-hydrogen) atoms. The molecule has 90 valence electrons. The molecule has 0 aliphatic heterocycles. The zero-order valence-corrected chi connectivity index (χ0v) is 10.4. The molecule has 1 saturated carbocycles. The van der Waals surface area contributed by atoms with Crippen LogP contribution in [0.2, 0.25) is 0 Å². The van der Waals surface area contributed by atoms with Crippen LogP contribution >= 0.6 is 0 Å². The molecule has 0 aromatic heterocycles. The van der Waals surface area contributed by atoms with Gasteiger partial charge in [-0.2, -0.15) is 0 Å². The van der Waals surface area contributed by atoms with Crippen molar-refractivity contribution >= 4 is 0 Å². The molecule has 2 nitrogen and oxygen atoms in total. The van der Waals surface area contributed by atoms with Gasteiger partial charge in [-0.15, -0.1) is 0 Å². The zero-order chi connectivity index (χ0) is 11.3. The van der Waals surface area contributed by atoms with Crippen LogP contribution in [0, 0.1) is 11.8 Å². The monoisotopic (exact) mass is 214 g/mol. The van der Waals surface area contributed by atoms with Crippen LogP contribution in [0.25, 0.3) is 0 Å². The van der Waals surface area contributed by atoms with E-state index in [4.69, 9.17) is 4.74 Å². The number of hydrogen-bond donors (Lipinski definition) is 1. The van der Waals surface area contributed by atoms with Crippen molar-refractivity contribution in [1.82, 2.24) is 0 Å². The highest BCUT2D eigenvalue weighted by Crippen LogP contribution is 2.31. The lowest BCUT2D eigenvalue weighted by Gasteiger charge is -2.30. The first-order valence-electron chi connectivity index (χ1n) is 6.34. The van der Waals surface area contributed by atoms with Gasteiger partial charge in [-0.3, -0.25) is 0 Å². The third-order valence-corrected chi connectivity index (χ3v) is 3.88. The lowest BCUT2D eigenvalue weighted by atomic mass is 9.79. The highest BCUT2D eigenvalue weighted by molar-refractivity contribution is 4.76. The quantitative estimate of drug-likeness (QED) is 0.762. The second-order valence-electron chi connectivity index (χ2n) is 5.21. The predicted molar refractivity (Wildman–Crippen MR) is 62.8 cm³/mol. The van der Waals surface area contributed by atoms with E-state index in [0.29, 0.717) is 5.92 Å². The smallest absolute Gasteiger partial charge is 0.0569 e. The van der Waals surface area contributed by atoms with E-state index in [1.54, 1.807) is 7.11 Å². The van der Waals surface area contributed by atoms with Crippen LogP contribution in [0.5, 0.6) is 0 Å². The normalized spacial score (nSPS) is 31.2. The first-order chi connectivity index (χ1) is 7.13. The maximum atomic E-state index is 10.0. The van der Waals surface area contributed by atoms with E-state index in [9.17, 15) is 5.11 Å².